The molecule has 2 rings (SSSR count). The number of benzene rings is 1. The number of aromatic nitrogens is 1. The van der Waals surface area contributed by atoms with Gasteiger partial charge in [-0.1, -0.05) is 18.2 Å². The number of aryl methyl sites for hydroxylation is 2. The third-order valence-corrected chi connectivity index (χ3v) is 2.88. The average molecular weight is 226 g/mol. The molecule has 2 nitrogen and oxygen atoms in total. The molecule has 1 aromatic carbocycles. The maximum atomic E-state index is 4.23. The van der Waals surface area contributed by atoms with Crippen LogP contribution in [0.3, 0.4) is 0 Å². The Morgan fingerprint density at radius 1 is 1.12 bits per heavy atom. The molecule has 17 heavy (non-hydrogen) atoms. The first-order chi connectivity index (χ1) is 8.20. The molecule has 1 N–H and O–H groups in total. The van der Waals surface area contributed by atoms with Crippen LogP contribution >= 0.6 is 0 Å². The van der Waals surface area contributed by atoms with E-state index in [0.717, 1.165) is 12.2 Å². The molecule has 1 aromatic heterocycles. The molecule has 0 radical (unpaired) electrons. The van der Waals surface area contributed by atoms with E-state index in [4.69, 9.17) is 0 Å². The molecule has 1 heterocycles. The number of nitrogens with zero attached hydrogens (tertiary/aromatic N) is 1. The van der Waals surface area contributed by atoms with Crippen molar-refractivity contribution in [2.75, 3.05) is 7.05 Å². The molecule has 2 aromatic rings. The van der Waals surface area contributed by atoms with Gasteiger partial charge in [-0.05, 0) is 55.3 Å². The van der Waals surface area contributed by atoms with E-state index >= 15 is 0 Å². The van der Waals surface area contributed by atoms with E-state index in [1.54, 1.807) is 0 Å². The predicted molar refractivity (Wildman–Crippen MR) is 71.9 cm³/mol. The fourth-order valence-electron chi connectivity index (χ4n) is 2.08. The Labute approximate surface area is 103 Å². The van der Waals surface area contributed by atoms with Crippen LogP contribution in [-0.4, -0.2) is 12.0 Å². The van der Waals surface area contributed by atoms with Gasteiger partial charge < -0.3 is 5.32 Å². The van der Waals surface area contributed by atoms with Gasteiger partial charge in [-0.15, -0.1) is 0 Å². The van der Waals surface area contributed by atoms with Crippen LogP contribution in [0.1, 0.15) is 16.8 Å². The van der Waals surface area contributed by atoms with Crippen LogP contribution in [-0.2, 0) is 6.54 Å². The lowest BCUT2D eigenvalue weighted by atomic mass is 9.99. The van der Waals surface area contributed by atoms with Crippen molar-refractivity contribution in [3.05, 3.63) is 53.3 Å². The predicted octanol–water partition coefficient (Wildman–Crippen LogP) is 3.08. The SMILES string of the molecule is CNCc1ccc(-c2ccnc(C)c2)c(C)c1. The molecule has 0 fully saturated rings. The van der Waals surface area contributed by atoms with Crippen LogP contribution in [0.2, 0.25) is 0 Å². The molecule has 0 saturated carbocycles. The lowest BCUT2D eigenvalue weighted by Crippen LogP contribution is -2.05. The molecule has 2 heteroatoms. The molecule has 0 aliphatic rings. The van der Waals surface area contributed by atoms with Gasteiger partial charge in [-0.25, -0.2) is 0 Å². The average Bonchev–Trinajstić information content (AvgIpc) is 2.29. The first-order valence-electron chi connectivity index (χ1n) is 5.88. The maximum Gasteiger partial charge on any atom is 0.0378 e. The van der Waals surface area contributed by atoms with Crippen molar-refractivity contribution >= 4 is 0 Å². The molecule has 0 unspecified atom stereocenters. The Hall–Kier alpha value is -1.67. The summed E-state index contributed by atoms with van der Waals surface area (Å²) in [6, 6.07) is 10.8. The van der Waals surface area contributed by atoms with Crippen LogP contribution in [0.25, 0.3) is 11.1 Å². The molecule has 0 bridgehead atoms. The minimum Gasteiger partial charge on any atom is -0.316 e. The molecular formula is C15H18N2. The van der Waals surface area contributed by atoms with Gasteiger partial charge in [0.05, 0.1) is 0 Å². The van der Waals surface area contributed by atoms with Crippen molar-refractivity contribution in [1.29, 1.82) is 0 Å². The van der Waals surface area contributed by atoms with Crippen molar-refractivity contribution in [2.45, 2.75) is 20.4 Å². The van der Waals surface area contributed by atoms with E-state index in [2.05, 4.69) is 47.6 Å². The summed E-state index contributed by atoms with van der Waals surface area (Å²) in [5, 5.41) is 3.17. The lowest BCUT2D eigenvalue weighted by molar-refractivity contribution is 0.817. The number of pyridine rings is 1. The first-order valence-corrected chi connectivity index (χ1v) is 5.88. The second-order valence-corrected chi connectivity index (χ2v) is 4.37. The molecule has 0 aliphatic carbocycles. The zero-order valence-electron chi connectivity index (χ0n) is 10.6. The van der Waals surface area contributed by atoms with Crippen LogP contribution in [0.4, 0.5) is 0 Å². The highest BCUT2D eigenvalue weighted by atomic mass is 14.8. The summed E-state index contributed by atoms with van der Waals surface area (Å²) in [6.07, 6.45) is 1.87. The topological polar surface area (TPSA) is 24.9 Å². The quantitative estimate of drug-likeness (QED) is 0.870. The van der Waals surface area contributed by atoms with Gasteiger partial charge in [0.15, 0.2) is 0 Å². The highest BCUT2D eigenvalue weighted by Crippen LogP contribution is 2.24. The number of hydrogen-bond donors (Lipinski definition) is 1. The van der Waals surface area contributed by atoms with E-state index in [1.165, 1.54) is 22.3 Å². The molecular weight excluding hydrogens is 208 g/mol. The fraction of sp³-hybridized carbons (Fsp3) is 0.267. The van der Waals surface area contributed by atoms with Gasteiger partial charge in [0.1, 0.15) is 0 Å². The van der Waals surface area contributed by atoms with E-state index in [9.17, 15) is 0 Å². The van der Waals surface area contributed by atoms with Crippen LogP contribution in [0.5, 0.6) is 0 Å². The minimum atomic E-state index is 0.913. The van der Waals surface area contributed by atoms with E-state index in [0.29, 0.717) is 0 Å². The summed E-state index contributed by atoms with van der Waals surface area (Å²) in [7, 11) is 1.97. The van der Waals surface area contributed by atoms with Crippen LogP contribution < -0.4 is 5.32 Å². The summed E-state index contributed by atoms with van der Waals surface area (Å²) >= 11 is 0. The summed E-state index contributed by atoms with van der Waals surface area (Å²) in [6.45, 7) is 5.09. The van der Waals surface area contributed by atoms with Crippen molar-refractivity contribution in [3.63, 3.8) is 0 Å². The highest BCUT2D eigenvalue weighted by molar-refractivity contribution is 5.67. The van der Waals surface area contributed by atoms with Gasteiger partial charge in [0.25, 0.3) is 0 Å². The summed E-state index contributed by atoms with van der Waals surface area (Å²) in [4.78, 5) is 4.23. The van der Waals surface area contributed by atoms with Crippen molar-refractivity contribution < 1.29 is 0 Å². The first kappa shape index (κ1) is 11.8. The second-order valence-electron chi connectivity index (χ2n) is 4.37. The van der Waals surface area contributed by atoms with Gasteiger partial charge in [0, 0.05) is 18.4 Å². The number of rotatable bonds is 3. The zero-order valence-corrected chi connectivity index (χ0v) is 10.6. The fourth-order valence-corrected chi connectivity index (χ4v) is 2.08. The molecule has 0 atom stereocenters. The Balaban J connectivity index is 2.39. The second kappa shape index (κ2) is 5.11. The van der Waals surface area contributed by atoms with Crippen LogP contribution in [0.15, 0.2) is 36.5 Å². The minimum absolute atomic E-state index is 0.913. The number of nitrogens with one attached hydrogen (secondary N) is 1. The van der Waals surface area contributed by atoms with Crippen molar-refractivity contribution in [2.24, 2.45) is 0 Å². The van der Waals surface area contributed by atoms with Gasteiger partial charge >= 0.3 is 0 Å². The zero-order chi connectivity index (χ0) is 12.3. The summed E-state index contributed by atoms with van der Waals surface area (Å²) < 4.78 is 0. The molecule has 88 valence electrons. The maximum absolute atomic E-state index is 4.23. The normalized spacial score (nSPS) is 10.5. The van der Waals surface area contributed by atoms with E-state index in [-0.39, 0.29) is 0 Å². The molecule has 0 amide bonds. The summed E-state index contributed by atoms with van der Waals surface area (Å²) in [5.41, 5.74) is 6.21. The highest BCUT2D eigenvalue weighted by Gasteiger charge is 2.03. The van der Waals surface area contributed by atoms with Gasteiger partial charge in [-0.2, -0.15) is 0 Å². The Morgan fingerprint density at radius 2 is 1.94 bits per heavy atom. The Morgan fingerprint density at radius 3 is 2.59 bits per heavy atom. The summed E-state index contributed by atoms with van der Waals surface area (Å²) in [5.74, 6) is 0. The molecule has 0 aliphatic heterocycles. The van der Waals surface area contributed by atoms with Crippen molar-refractivity contribution in [1.82, 2.24) is 10.3 Å². The van der Waals surface area contributed by atoms with Gasteiger partial charge in [0.2, 0.25) is 0 Å². The Bertz CT molecular complexity index is 518. The Kier molecular flexibility index (Phi) is 3.55. The lowest BCUT2D eigenvalue weighted by Gasteiger charge is -2.09. The smallest absolute Gasteiger partial charge is 0.0378 e. The van der Waals surface area contributed by atoms with Crippen LogP contribution in [0, 0.1) is 13.8 Å². The monoisotopic (exact) mass is 226 g/mol. The third-order valence-electron chi connectivity index (χ3n) is 2.88. The van der Waals surface area contributed by atoms with Gasteiger partial charge in [-0.3, -0.25) is 4.98 Å². The largest absolute Gasteiger partial charge is 0.316 e. The standard InChI is InChI=1S/C15H18N2/c1-11-8-13(10-16-3)4-5-15(11)14-6-7-17-12(2)9-14/h4-9,16H,10H2,1-3H3. The van der Waals surface area contributed by atoms with Crippen molar-refractivity contribution in [3.8, 4) is 11.1 Å². The molecule has 0 saturated heterocycles. The third kappa shape index (κ3) is 2.71. The van der Waals surface area contributed by atoms with E-state index in [1.807, 2.05) is 20.2 Å². The number of hydrogen-bond acceptors (Lipinski definition) is 2. The molecule has 0 spiro atoms. The van der Waals surface area contributed by atoms with E-state index < -0.39 is 0 Å².